The van der Waals surface area contributed by atoms with Crippen LogP contribution in [0.3, 0.4) is 0 Å². The van der Waals surface area contributed by atoms with Crippen LogP contribution < -0.4 is 0 Å². The molecule has 1 saturated carbocycles. The molecule has 1 aliphatic carbocycles. The van der Waals surface area contributed by atoms with Crippen LogP contribution in [0, 0.1) is 11.3 Å². The van der Waals surface area contributed by atoms with Gasteiger partial charge in [0.25, 0.3) is 0 Å². The van der Waals surface area contributed by atoms with Crippen LogP contribution in [0.2, 0.25) is 0 Å². The maximum Gasteiger partial charge on any atom is 0.234 e. The van der Waals surface area contributed by atoms with Gasteiger partial charge in [-0.05, 0) is 58.3 Å². The fourth-order valence-electron chi connectivity index (χ4n) is 3.06. The third-order valence-corrected chi connectivity index (χ3v) is 4.85. The Bertz CT molecular complexity index is 354. The monoisotopic (exact) mass is 330 g/mol. The summed E-state index contributed by atoms with van der Waals surface area (Å²) in [4.78, 5) is 23.4. The molecular weight excluding hydrogens is 292 g/mol. The summed E-state index contributed by atoms with van der Waals surface area (Å²) in [6.45, 7) is 19.0. The Morgan fingerprint density at radius 1 is 0.870 bits per heavy atom. The molecule has 4 nitrogen and oxygen atoms in total. The molecule has 0 radical (unpaired) electrons. The summed E-state index contributed by atoms with van der Waals surface area (Å²) in [6, 6.07) is 0. The molecule has 0 saturated heterocycles. The molecule has 4 heteroatoms. The van der Waals surface area contributed by atoms with Crippen molar-refractivity contribution in [3.8, 4) is 0 Å². The lowest BCUT2D eigenvalue weighted by Crippen LogP contribution is -2.49. The minimum Gasteiger partial charge on any atom is -0.228 e. The maximum absolute atomic E-state index is 5.92. The van der Waals surface area contributed by atoms with Crippen LogP contribution >= 0.6 is 0 Å². The summed E-state index contributed by atoms with van der Waals surface area (Å²) < 4.78 is 0. The van der Waals surface area contributed by atoms with Crippen LogP contribution in [0.25, 0.3) is 0 Å². The highest BCUT2D eigenvalue weighted by molar-refractivity contribution is 4.88. The number of hydrogen-bond donors (Lipinski definition) is 0. The average Bonchev–Trinajstić information content (AvgIpc) is 2.42. The van der Waals surface area contributed by atoms with Crippen molar-refractivity contribution < 1.29 is 19.6 Å². The minimum absolute atomic E-state index is 0.122. The minimum atomic E-state index is -0.847. The van der Waals surface area contributed by atoms with Gasteiger partial charge in [0, 0.05) is 12.8 Å². The van der Waals surface area contributed by atoms with Crippen molar-refractivity contribution in [2.75, 3.05) is 0 Å². The van der Waals surface area contributed by atoms with Crippen molar-refractivity contribution in [1.29, 1.82) is 0 Å². The largest absolute Gasteiger partial charge is 0.234 e. The van der Waals surface area contributed by atoms with Gasteiger partial charge >= 0.3 is 0 Å². The predicted molar refractivity (Wildman–Crippen MR) is 92.6 cm³/mol. The van der Waals surface area contributed by atoms with Crippen LogP contribution in [0.1, 0.15) is 94.4 Å². The Hall–Kier alpha value is -0.160. The van der Waals surface area contributed by atoms with Crippen LogP contribution in [0.4, 0.5) is 0 Å². The van der Waals surface area contributed by atoms with Crippen LogP contribution in [-0.2, 0) is 19.6 Å². The van der Waals surface area contributed by atoms with Gasteiger partial charge in [0.2, 0.25) is 5.79 Å². The molecule has 138 valence electrons. The molecule has 1 aliphatic rings. The summed E-state index contributed by atoms with van der Waals surface area (Å²) in [5.74, 6) is -0.361. The van der Waals surface area contributed by atoms with Gasteiger partial charge in [0.1, 0.15) is 0 Å². The van der Waals surface area contributed by atoms with E-state index >= 15 is 0 Å². The molecule has 1 atom stereocenters. The summed E-state index contributed by atoms with van der Waals surface area (Å²) in [5.41, 5.74) is -0.569. The molecule has 0 spiro atoms. The van der Waals surface area contributed by atoms with Gasteiger partial charge in [0.15, 0.2) is 0 Å². The molecule has 0 aliphatic heterocycles. The lowest BCUT2D eigenvalue weighted by molar-refractivity contribution is -0.553. The fourth-order valence-corrected chi connectivity index (χ4v) is 3.06. The van der Waals surface area contributed by atoms with Crippen molar-refractivity contribution in [3.63, 3.8) is 0 Å². The Labute approximate surface area is 143 Å². The first-order valence-electron chi connectivity index (χ1n) is 9.08. The van der Waals surface area contributed by atoms with Crippen LogP contribution in [0.15, 0.2) is 0 Å². The normalized spacial score (nSPS) is 24.7. The number of rotatable bonds is 8. The first-order chi connectivity index (χ1) is 10.3. The van der Waals surface area contributed by atoms with Crippen molar-refractivity contribution >= 4 is 0 Å². The van der Waals surface area contributed by atoms with E-state index in [1.54, 1.807) is 0 Å². The van der Waals surface area contributed by atoms with Crippen molar-refractivity contribution in [3.05, 3.63) is 0 Å². The maximum atomic E-state index is 5.92. The molecule has 1 fully saturated rings. The Balaban J connectivity index is 2.91. The van der Waals surface area contributed by atoms with E-state index in [1.807, 2.05) is 27.7 Å². The van der Waals surface area contributed by atoms with Gasteiger partial charge in [-0.15, -0.1) is 0 Å². The van der Waals surface area contributed by atoms with Gasteiger partial charge in [-0.3, -0.25) is 0 Å². The highest BCUT2D eigenvalue weighted by Gasteiger charge is 2.48. The first-order valence-corrected chi connectivity index (χ1v) is 9.08. The third-order valence-electron chi connectivity index (χ3n) is 4.85. The zero-order valence-electron chi connectivity index (χ0n) is 16.7. The number of hydrogen-bond acceptors (Lipinski definition) is 4. The second-order valence-electron chi connectivity index (χ2n) is 9.32. The van der Waals surface area contributed by atoms with E-state index in [2.05, 4.69) is 34.6 Å². The van der Waals surface area contributed by atoms with Crippen LogP contribution in [0.5, 0.6) is 0 Å². The van der Waals surface area contributed by atoms with E-state index in [0.29, 0.717) is 5.92 Å². The zero-order chi connectivity index (χ0) is 17.9. The average molecular weight is 331 g/mol. The van der Waals surface area contributed by atoms with E-state index in [0.717, 1.165) is 32.1 Å². The molecule has 1 rings (SSSR count). The topological polar surface area (TPSA) is 36.9 Å². The quantitative estimate of drug-likeness (QED) is 0.320. The molecule has 0 aromatic rings. The molecule has 0 aromatic carbocycles. The van der Waals surface area contributed by atoms with Crippen molar-refractivity contribution in [1.82, 2.24) is 0 Å². The van der Waals surface area contributed by atoms with Gasteiger partial charge in [0.05, 0.1) is 11.2 Å². The van der Waals surface area contributed by atoms with Crippen molar-refractivity contribution in [2.45, 2.75) is 111 Å². The van der Waals surface area contributed by atoms with Crippen molar-refractivity contribution in [2.24, 2.45) is 11.3 Å². The SMILES string of the molecule is CCC(C)(C)OOC1(OOC(C)(C)CC)CC(C)CC(C)(C)C1. The molecule has 1 unspecified atom stereocenters. The second kappa shape index (κ2) is 7.38. The highest BCUT2D eigenvalue weighted by atomic mass is 17.3. The summed E-state index contributed by atoms with van der Waals surface area (Å²) in [5, 5.41) is 0. The fraction of sp³-hybridized carbons (Fsp3) is 1.00. The third kappa shape index (κ3) is 6.69. The van der Waals surface area contributed by atoms with E-state index in [1.165, 1.54) is 0 Å². The van der Waals surface area contributed by atoms with E-state index in [-0.39, 0.29) is 16.6 Å². The molecule has 0 amide bonds. The summed E-state index contributed by atoms with van der Waals surface area (Å²) in [7, 11) is 0. The lowest BCUT2D eigenvalue weighted by atomic mass is 9.70. The summed E-state index contributed by atoms with van der Waals surface area (Å²) >= 11 is 0. The van der Waals surface area contributed by atoms with Gasteiger partial charge < -0.3 is 0 Å². The van der Waals surface area contributed by atoms with Gasteiger partial charge in [-0.25, -0.2) is 9.78 Å². The smallest absolute Gasteiger partial charge is 0.228 e. The van der Waals surface area contributed by atoms with E-state index in [4.69, 9.17) is 19.6 Å². The lowest BCUT2D eigenvalue weighted by Gasteiger charge is -2.46. The zero-order valence-corrected chi connectivity index (χ0v) is 16.7. The highest BCUT2D eigenvalue weighted by Crippen LogP contribution is 2.47. The molecule has 23 heavy (non-hydrogen) atoms. The molecular formula is C19H38O4. The molecule has 0 aromatic heterocycles. The second-order valence-corrected chi connectivity index (χ2v) is 9.32. The van der Waals surface area contributed by atoms with Crippen LogP contribution in [-0.4, -0.2) is 17.0 Å². The van der Waals surface area contributed by atoms with Gasteiger partial charge in [-0.1, -0.05) is 34.6 Å². The molecule has 0 bridgehead atoms. The predicted octanol–water partition coefficient (Wildman–Crippen LogP) is 5.80. The van der Waals surface area contributed by atoms with Gasteiger partial charge in [-0.2, -0.15) is 9.78 Å². The molecule has 0 N–H and O–H groups in total. The summed E-state index contributed by atoms with van der Waals surface area (Å²) in [6.07, 6.45) is 4.41. The van der Waals surface area contributed by atoms with E-state index < -0.39 is 5.79 Å². The Kier molecular flexibility index (Phi) is 6.70. The molecule has 0 heterocycles. The first kappa shape index (κ1) is 20.9. The Morgan fingerprint density at radius 3 is 1.65 bits per heavy atom. The standard InChI is InChI=1S/C19H38O4/c1-10-17(6,7)20-22-19(23-21-18(8,9)11-2)13-15(3)12-16(4,5)14-19/h15H,10-14H2,1-9H3. The Morgan fingerprint density at radius 2 is 1.30 bits per heavy atom. The van der Waals surface area contributed by atoms with E-state index in [9.17, 15) is 0 Å².